The molecule has 0 aliphatic heterocycles. The van der Waals surface area contributed by atoms with Gasteiger partial charge in [-0.25, -0.2) is 0 Å². The lowest BCUT2D eigenvalue weighted by atomic mass is 10.2. The molecule has 0 aliphatic carbocycles. The molecule has 0 heterocycles. The van der Waals surface area contributed by atoms with E-state index in [4.69, 9.17) is 16.3 Å². The minimum absolute atomic E-state index is 0.0983. The summed E-state index contributed by atoms with van der Waals surface area (Å²) in [5, 5.41) is 6.12. The van der Waals surface area contributed by atoms with Crippen LogP contribution in [-0.2, 0) is 4.79 Å². The van der Waals surface area contributed by atoms with Gasteiger partial charge in [0.2, 0.25) is 5.91 Å². The molecular formula is C11H15ClN2O2. The summed E-state index contributed by atoms with van der Waals surface area (Å²) in [5.41, 5.74) is 0.678. The number of methoxy groups -OCH3 is 1. The van der Waals surface area contributed by atoms with E-state index >= 15 is 0 Å². The highest BCUT2D eigenvalue weighted by molar-refractivity contribution is 6.33. The molecular weight excluding hydrogens is 228 g/mol. The molecule has 0 saturated carbocycles. The largest absolute Gasteiger partial charge is 0.497 e. The number of anilines is 1. The second kappa shape index (κ2) is 5.61. The molecule has 1 atom stereocenters. The van der Waals surface area contributed by atoms with Crippen LogP contribution < -0.4 is 15.4 Å². The van der Waals surface area contributed by atoms with Gasteiger partial charge in [-0.3, -0.25) is 4.79 Å². The van der Waals surface area contributed by atoms with Gasteiger partial charge in [-0.1, -0.05) is 11.6 Å². The van der Waals surface area contributed by atoms with Crippen LogP contribution in [0.1, 0.15) is 6.92 Å². The Morgan fingerprint density at radius 3 is 2.75 bits per heavy atom. The van der Waals surface area contributed by atoms with E-state index in [1.165, 1.54) is 0 Å². The van der Waals surface area contributed by atoms with E-state index in [0.29, 0.717) is 16.5 Å². The van der Waals surface area contributed by atoms with Crippen LogP contribution in [0, 0.1) is 0 Å². The summed E-state index contributed by atoms with van der Waals surface area (Å²) in [7, 11) is 3.17. The predicted octanol–water partition coefficient (Wildman–Crippen LogP) is 1.89. The molecule has 4 nitrogen and oxygen atoms in total. The van der Waals surface area contributed by atoms with Crippen LogP contribution in [0.15, 0.2) is 18.2 Å². The van der Waals surface area contributed by atoms with E-state index in [-0.39, 0.29) is 11.9 Å². The van der Waals surface area contributed by atoms with Gasteiger partial charge in [-0.2, -0.15) is 0 Å². The molecule has 88 valence electrons. The van der Waals surface area contributed by atoms with Crippen molar-refractivity contribution in [2.24, 2.45) is 0 Å². The quantitative estimate of drug-likeness (QED) is 0.848. The summed E-state index contributed by atoms with van der Waals surface area (Å²) in [6, 6.07) is 4.88. The maximum absolute atomic E-state index is 11.3. The Bertz CT molecular complexity index is 382. The van der Waals surface area contributed by atoms with E-state index in [1.807, 2.05) is 0 Å². The van der Waals surface area contributed by atoms with Crippen LogP contribution in [0.2, 0.25) is 5.02 Å². The van der Waals surface area contributed by atoms with Crippen molar-refractivity contribution >= 4 is 23.2 Å². The molecule has 16 heavy (non-hydrogen) atoms. The monoisotopic (exact) mass is 242 g/mol. The zero-order valence-electron chi connectivity index (χ0n) is 9.50. The van der Waals surface area contributed by atoms with Gasteiger partial charge in [0.25, 0.3) is 0 Å². The van der Waals surface area contributed by atoms with Crippen LogP contribution in [0.3, 0.4) is 0 Å². The summed E-state index contributed by atoms with van der Waals surface area (Å²) in [6.45, 7) is 1.76. The number of nitrogens with one attached hydrogen (secondary N) is 2. The minimum atomic E-state index is -0.352. The number of benzene rings is 1. The fourth-order valence-corrected chi connectivity index (χ4v) is 1.43. The van der Waals surface area contributed by atoms with Crippen molar-refractivity contribution in [3.8, 4) is 5.75 Å². The van der Waals surface area contributed by atoms with E-state index < -0.39 is 0 Å². The lowest BCUT2D eigenvalue weighted by Gasteiger charge is -2.15. The lowest BCUT2D eigenvalue weighted by molar-refractivity contribution is -0.121. The molecule has 5 heteroatoms. The fraction of sp³-hybridized carbons (Fsp3) is 0.364. The highest BCUT2D eigenvalue weighted by Gasteiger charge is 2.12. The summed E-state index contributed by atoms with van der Waals surface area (Å²) in [4.78, 5) is 11.3. The third-order valence-electron chi connectivity index (χ3n) is 2.19. The number of likely N-dealkylation sites (N-methyl/N-ethyl adjacent to an activating group) is 1. The second-order valence-electron chi connectivity index (χ2n) is 3.33. The maximum Gasteiger partial charge on any atom is 0.241 e. The summed E-state index contributed by atoms with van der Waals surface area (Å²) in [5.74, 6) is 0.592. The number of rotatable bonds is 4. The second-order valence-corrected chi connectivity index (χ2v) is 3.73. The number of hydrogen-bond donors (Lipinski definition) is 2. The lowest BCUT2D eigenvalue weighted by Crippen LogP contribution is -2.35. The molecule has 1 rings (SSSR count). The highest BCUT2D eigenvalue weighted by Crippen LogP contribution is 2.27. The van der Waals surface area contributed by atoms with E-state index in [9.17, 15) is 4.79 Å². The fourth-order valence-electron chi connectivity index (χ4n) is 1.26. The number of amides is 1. The summed E-state index contributed by atoms with van der Waals surface area (Å²) in [6.07, 6.45) is 0. The average Bonchev–Trinajstić information content (AvgIpc) is 2.30. The molecule has 0 radical (unpaired) electrons. The Labute approximate surface area is 99.9 Å². The van der Waals surface area contributed by atoms with Crippen molar-refractivity contribution in [3.63, 3.8) is 0 Å². The summed E-state index contributed by atoms with van der Waals surface area (Å²) >= 11 is 6.00. The number of hydrogen-bond acceptors (Lipinski definition) is 3. The van der Waals surface area contributed by atoms with Gasteiger partial charge in [-0.05, 0) is 19.1 Å². The normalized spacial score (nSPS) is 11.8. The van der Waals surface area contributed by atoms with Gasteiger partial charge >= 0.3 is 0 Å². The van der Waals surface area contributed by atoms with Crippen LogP contribution in [0.5, 0.6) is 5.75 Å². The topological polar surface area (TPSA) is 50.4 Å². The molecule has 0 aliphatic rings. The molecule has 1 amide bonds. The number of carbonyl (C=O) groups is 1. The first-order valence-corrected chi connectivity index (χ1v) is 5.28. The van der Waals surface area contributed by atoms with Crippen molar-refractivity contribution < 1.29 is 9.53 Å². The van der Waals surface area contributed by atoms with Crippen molar-refractivity contribution in [3.05, 3.63) is 23.2 Å². The Kier molecular flexibility index (Phi) is 4.43. The van der Waals surface area contributed by atoms with Crippen LogP contribution in [0.25, 0.3) is 0 Å². The van der Waals surface area contributed by atoms with Crippen LogP contribution >= 0.6 is 11.6 Å². The number of halogens is 1. The molecule has 0 spiro atoms. The molecule has 0 fully saturated rings. The van der Waals surface area contributed by atoms with Crippen LogP contribution in [-0.4, -0.2) is 26.1 Å². The van der Waals surface area contributed by atoms with Gasteiger partial charge in [0.1, 0.15) is 11.8 Å². The summed E-state index contributed by atoms with van der Waals surface area (Å²) < 4.78 is 5.08. The van der Waals surface area contributed by atoms with Crippen molar-refractivity contribution in [2.45, 2.75) is 13.0 Å². The van der Waals surface area contributed by atoms with Gasteiger partial charge in [0, 0.05) is 13.1 Å². The molecule has 1 aromatic carbocycles. The van der Waals surface area contributed by atoms with Gasteiger partial charge in [0.15, 0.2) is 0 Å². The zero-order valence-corrected chi connectivity index (χ0v) is 10.3. The Morgan fingerprint density at radius 1 is 1.50 bits per heavy atom. The Balaban J connectivity index is 2.83. The first-order valence-electron chi connectivity index (χ1n) is 4.90. The highest BCUT2D eigenvalue weighted by atomic mass is 35.5. The third-order valence-corrected chi connectivity index (χ3v) is 2.51. The molecule has 0 aromatic heterocycles. The van der Waals surface area contributed by atoms with Crippen molar-refractivity contribution in [1.29, 1.82) is 0 Å². The zero-order chi connectivity index (χ0) is 12.1. The SMILES string of the molecule is CNC(=O)C(C)Nc1cc(OC)ccc1Cl. The van der Waals surface area contributed by atoms with E-state index in [2.05, 4.69) is 10.6 Å². The van der Waals surface area contributed by atoms with Crippen molar-refractivity contribution in [1.82, 2.24) is 5.32 Å². The Morgan fingerprint density at radius 2 is 2.19 bits per heavy atom. The van der Waals surface area contributed by atoms with E-state index in [0.717, 1.165) is 0 Å². The van der Waals surface area contributed by atoms with Gasteiger partial charge < -0.3 is 15.4 Å². The van der Waals surface area contributed by atoms with Crippen LogP contribution in [0.4, 0.5) is 5.69 Å². The molecule has 2 N–H and O–H groups in total. The first kappa shape index (κ1) is 12.6. The number of carbonyl (C=O) groups excluding carboxylic acids is 1. The first-order chi connectivity index (χ1) is 7.58. The van der Waals surface area contributed by atoms with Gasteiger partial charge in [0.05, 0.1) is 17.8 Å². The maximum atomic E-state index is 11.3. The van der Waals surface area contributed by atoms with Gasteiger partial charge in [-0.15, -0.1) is 0 Å². The standard InChI is InChI=1S/C11H15ClN2O2/c1-7(11(15)13-2)14-10-6-8(16-3)4-5-9(10)12/h4-7,14H,1-3H3,(H,13,15). The smallest absolute Gasteiger partial charge is 0.241 e. The molecule has 0 bridgehead atoms. The minimum Gasteiger partial charge on any atom is -0.497 e. The molecule has 1 aromatic rings. The Hall–Kier alpha value is -1.42. The molecule has 0 saturated heterocycles. The molecule has 1 unspecified atom stereocenters. The predicted molar refractivity (Wildman–Crippen MR) is 65.2 cm³/mol. The van der Waals surface area contributed by atoms with E-state index in [1.54, 1.807) is 39.3 Å². The van der Waals surface area contributed by atoms with Crippen molar-refractivity contribution in [2.75, 3.05) is 19.5 Å². The number of ether oxygens (including phenoxy) is 1. The average molecular weight is 243 g/mol. The third kappa shape index (κ3) is 3.03.